The van der Waals surface area contributed by atoms with Gasteiger partial charge in [-0.2, -0.15) is 8.42 Å². The maximum Gasteiger partial charge on any atom is 0.297 e. The fourth-order valence-corrected chi connectivity index (χ4v) is 7.36. The fraction of sp³-hybridized carbons (Fsp3) is 0.364. The summed E-state index contributed by atoms with van der Waals surface area (Å²) in [6.07, 6.45) is 3.42. The van der Waals surface area contributed by atoms with Gasteiger partial charge in [-0.1, -0.05) is 60.7 Å². The fourth-order valence-electron chi connectivity index (χ4n) is 2.24. The summed E-state index contributed by atoms with van der Waals surface area (Å²) >= 11 is 7.29. The maximum absolute atomic E-state index is 11.0. The van der Waals surface area contributed by atoms with Gasteiger partial charge in [-0.15, -0.1) is 22.7 Å². The summed E-state index contributed by atoms with van der Waals surface area (Å²) in [5.74, 6) is 0.725. The van der Waals surface area contributed by atoms with Crippen molar-refractivity contribution in [3.63, 3.8) is 0 Å². The van der Waals surface area contributed by atoms with Gasteiger partial charge in [-0.05, 0) is 65.2 Å². The van der Waals surface area contributed by atoms with Crippen LogP contribution in [0.1, 0.15) is 39.5 Å². The number of rotatable bonds is 12. The van der Waals surface area contributed by atoms with Crippen molar-refractivity contribution in [3.8, 4) is 5.75 Å². The molecule has 10 heteroatoms. The maximum atomic E-state index is 11.0. The smallest absolute Gasteiger partial charge is 0.297 e. The normalized spacial score (nSPS) is 11.1. The first-order valence-electron chi connectivity index (χ1n) is 10.2. The number of benzene rings is 1. The Morgan fingerprint density at radius 1 is 0.906 bits per heavy atom. The molecule has 176 valence electrons. The van der Waals surface area contributed by atoms with Gasteiger partial charge in [-0.3, -0.25) is 0 Å². The number of hydrogen-bond donors (Lipinski definition) is 0. The van der Waals surface area contributed by atoms with Crippen molar-refractivity contribution in [3.05, 3.63) is 53.9 Å². The predicted octanol–water partition coefficient (Wildman–Crippen LogP) is 8.31. The molecule has 1 aromatic carbocycles. The number of ether oxygens (including phenoxy) is 1. The van der Waals surface area contributed by atoms with Crippen LogP contribution < -0.4 is 4.74 Å². The largest absolute Gasteiger partial charge is 0.494 e. The van der Waals surface area contributed by atoms with E-state index in [2.05, 4.69) is 65.2 Å². The molecule has 0 saturated carbocycles. The van der Waals surface area contributed by atoms with Crippen LogP contribution in [0.4, 0.5) is 4.53 Å². The Balaban J connectivity index is 0.000000344. The van der Waals surface area contributed by atoms with Crippen LogP contribution in [0.2, 0.25) is 0 Å². The van der Waals surface area contributed by atoms with Crippen LogP contribution in [-0.4, -0.2) is 20.8 Å². The van der Waals surface area contributed by atoms with Crippen molar-refractivity contribution >= 4 is 56.3 Å². The lowest BCUT2D eigenvalue weighted by Crippen LogP contribution is -2.04. The molecule has 0 aliphatic carbocycles. The first kappa shape index (κ1) is 27.2. The molecule has 0 aliphatic heterocycles. The van der Waals surface area contributed by atoms with Crippen molar-refractivity contribution < 1.29 is 22.1 Å². The second-order valence-electron chi connectivity index (χ2n) is 6.56. The average Bonchev–Trinajstić information content (AvgIpc) is 3.47. The Kier molecular flexibility index (Phi) is 12.7. The molecule has 2 heterocycles. The van der Waals surface area contributed by atoms with Crippen LogP contribution in [-0.2, 0) is 14.5 Å². The van der Waals surface area contributed by atoms with E-state index in [9.17, 15) is 12.9 Å². The number of halogens is 1. The van der Waals surface area contributed by atoms with E-state index in [4.69, 9.17) is 4.74 Å². The van der Waals surface area contributed by atoms with Gasteiger partial charge in [0.05, 0.1) is 25.0 Å². The molecule has 32 heavy (non-hydrogen) atoms. The highest BCUT2D eigenvalue weighted by molar-refractivity contribution is 8.04. The van der Waals surface area contributed by atoms with Gasteiger partial charge in [0.1, 0.15) is 5.75 Å². The number of hydrogen-bond acceptors (Lipinski definition) is 8. The zero-order chi connectivity index (χ0) is 23.2. The van der Waals surface area contributed by atoms with Crippen LogP contribution >= 0.6 is 46.2 Å². The van der Waals surface area contributed by atoms with Crippen molar-refractivity contribution in [1.29, 1.82) is 0 Å². The third-order valence-corrected chi connectivity index (χ3v) is 9.28. The quantitative estimate of drug-likeness (QED) is 0.218. The molecule has 3 rings (SSSR count). The molecule has 0 saturated heterocycles. The highest BCUT2D eigenvalue weighted by Crippen LogP contribution is 2.41. The summed E-state index contributed by atoms with van der Waals surface area (Å²) in [6, 6.07) is 17.1. The minimum Gasteiger partial charge on any atom is -0.494 e. The third kappa shape index (κ3) is 10.7. The summed E-state index contributed by atoms with van der Waals surface area (Å²) in [7, 11) is -3.85. The molecule has 0 unspecified atom stereocenters. The zero-order valence-corrected chi connectivity index (χ0v) is 22.1. The molecule has 0 amide bonds. The van der Waals surface area contributed by atoms with E-state index in [0.717, 1.165) is 25.2 Å². The summed E-state index contributed by atoms with van der Waals surface area (Å²) in [4.78, 5) is 1.25. The molecule has 0 N–H and O–H groups in total. The van der Waals surface area contributed by atoms with E-state index in [-0.39, 0.29) is 5.75 Å². The first-order chi connectivity index (χ1) is 15.5. The Morgan fingerprint density at radius 2 is 1.59 bits per heavy atom. The van der Waals surface area contributed by atoms with Gasteiger partial charge in [0.25, 0.3) is 10.1 Å². The zero-order valence-electron chi connectivity index (χ0n) is 18.0. The molecule has 0 aliphatic rings. The Bertz CT molecular complexity index is 986. The van der Waals surface area contributed by atoms with E-state index >= 15 is 0 Å². The molecule has 0 atom stereocenters. The van der Waals surface area contributed by atoms with Crippen molar-refractivity contribution in [2.24, 2.45) is 0 Å². The van der Waals surface area contributed by atoms with Gasteiger partial charge in [0.15, 0.2) is 0 Å². The average molecular weight is 535 g/mol. The van der Waals surface area contributed by atoms with Gasteiger partial charge in [0, 0.05) is 4.90 Å². The van der Waals surface area contributed by atoms with Crippen molar-refractivity contribution in [2.45, 2.75) is 57.1 Å². The van der Waals surface area contributed by atoms with E-state index in [1.54, 1.807) is 11.3 Å². The molecule has 0 bridgehead atoms. The summed E-state index contributed by atoms with van der Waals surface area (Å²) < 4.78 is 43.8. The Morgan fingerprint density at radius 3 is 2.19 bits per heavy atom. The molecule has 2 aromatic heterocycles. The van der Waals surface area contributed by atoms with E-state index in [1.165, 1.54) is 17.5 Å². The van der Waals surface area contributed by atoms with Gasteiger partial charge in [-0.25, -0.2) is 0 Å². The second kappa shape index (κ2) is 15.0. The third-order valence-electron chi connectivity index (χ3n) is 3.91. The number of unbranched alkanes of at least 4 members (excludes halogenated alkanes) is 2. The topological polar surface area (TPSA) is 52.6 Å². The Labute approximate surface area is 206 Å². The minimum atomic E-state index is -3.85. The van der Waals surface area contributed by atoms with Gasteiger partial charge < -0.3 is 4.74 Å². The molecule has 4 nitrogen and oxygen atoms in total. The highest BCUT2D eigenvalue weighted by Gasteiger charge is 2.09. The summed E-state index contributed by atoms with van der Waals surface area (Å²) in [6.45, 7) is 4.79. The number of thiophene rings is 2. The lowest BCUT2D eigenvalue weighted by Gasteiger charge is -2.05. The SMILES string of the molecule is CCCCOc1ccc(Sc2ccc(Sc3cccs3)s2)cc1.CCCCS(=O)(=O)OF. The molecular formula is C22H27FO4S5. The molecule has 3 aromatic rings. The molecular weight excluding hydrogens is 508 g/mol. The second-order valence-corrected chi connectivity index (χ2v) is 13.2. The highest BCUT2D eigenvalue weighted by atomic mass is 32.2. The minimum absolute atomic E-state index is 0.236. The van der Waals surface area contributed by atoms with E-state index < -0.39 is 10.1 Å². The van der Waals surface area contributed by atoms with Crippen LogP contribution in [0, 0.1) is 0 Å². The van der Waals surface area contributed by atoms with E-state index in [0.29, 0.717) is 12.8 Å². The van der Waals surface area contributed by atoms with Crippen molar-refractivity contribution in [2.75, 3.05) is 12.4 Å². The molecule has 0 spiro atoms. The monoisotopic (exact) mass is 534 g/mol. The lowest BCUT2D eigenvalue weighted by molar-refractivity contribution is 0.00290. The standard InChI is InChI=1S/C18H18OS4.C4H9FO3S/c1-2-3-12-19-14-6-8-15(9-7-14)21-17-10-11-18(23-17)22-16-5-4-13-20-16;1-2-3-4-9(6,7)8-5/h4-11,13H,2-3,12H2,1H3;2-4H2,1H3. The first-order valence-corrected chi connectivity index (χ1v) is 15.1. The molecule has 0 fully saturated rings. The summed E-state index contributed by atoms with van der Waals surface area (Å²) in [5, 5.41) is 2.12. The van der Waals surface area contributed by atoms with Crippen LogP contribution in [0.5, 0.6) is 5.75 Å². The Hall–Kier alpha value is -1.04. The summed E-state index contributed by atoms with van der Waals surface area (Å²) in [5.41, 5.74) is 0. The van der Waals surface area contributed by atoms with Gasteiger partial charge in [0.2, 0.25) is 0 Å². The molecule has 0 radical (unpaired) electrons. The van der Waals surface area contributed by atoms with E-state index in [1.807, 2.05) is 41.8 Å². The van der Waals surface area contributed by atoms with Crippen LogP contribution in [0.3, 0.4) is 0 Å². The lowest BCUT2D eigenvalue weighted by atomic mass is 10.3. The van der Waals surface area contributed by atoms with Crippen LogP contribution in [0.25, 0.3) is 0 Å². The van der Waals surface area contributed by atoms with Gasteiger partial charge >= 0.3 is 0 Å². The van der Waals surface area contributed by atoms with Crippen molar-refractivity contribution in [1.82, 2.24) is 0 Å². The predicted molar refractivity (Wildman–Crippen MR) is 135 cm³/mol. The van der Waals surface area contributed by atoms with Crippen LogP contribution in [0.15, 0.2) is 71.4 Å².